The van der Waals surface area contributed by atoms with Crippen LogP contribution in [0.25, 0.3) is 0 Å². The van der Waals surface area contributed by atoms with Gasteiger partial charge in [0.25, 0.3) is 0 Å². The molecule has 0 radical (unpaired) electrons. The molecular formula is C15H20ClNS. The molecule has 18 heavy (non-hydrogen) atoms. The lowest BCUT2D eigenvalue weighted by Gasteiger charge is -2.23. The van der Waals surface area contributed by atoms with E-state index < -0.39 is 0 Å². The van der Waals surface area contributed by atoms with Gasteiger partial charge in [-0.2, -0.15) is 11.8 Å². The van der Waals surface area contributed by atoms with Gasteiger partial charge in [0, 0.05) is 22.4 Å². The predicted octanol–water partition coefficient (Wildman–Crippen LogP) is 3.68. The van der Waals surface area contributed by atoms with Gasteiger partial charge in [-0.15, -0.1) is 0 Å². The maximum atomic E-state index is 6.06. The second-order valence-electron chi connectivity index (χ2n) is 5.50. The van der Waals surface area contributed by atoms with Gasteiger partial charge >= 0.3 is 0 Å². The quantitative estimate of drug-likeness (QED) is 0.907. The van der Waals surface area contributed by atoms with E-state index in [4.69, 9.17) is 11.6 Å². The Bertz CT molecular complexity index is 435. The molecule has 3 atom stereocenters. The first-order chi connectivity index (χ1) is 8.76. The Balaban J connectivity index is 1.64. The van der Waals surface area contributed by atoms with E-state index in [-0.39, 0.29) is 0 Å². The van der Waals surface area contributed by atoms with Gasteiger partial charge < -0.3 is 5.32 Å². The van der Waals surface area contributed by atoms with Crippen LogP contribution in [0.4, 0.5) is 0 Å². The monoisotopic (exact) mass is 281 g/mol. The SMILES string of the molecule is CSC1CCCC1NC1Cc2ccc(Cl)cc2C1. The van der Waals surface area contributed by atoms with Crippen LogP contribution in [-0.4, -0.2) is 23.6 Å². The van der Waals surface area contributed by atoms with Crippen LogP contribution in [0.15, 0.2) is 18.2 Å². The smallest absolute Gasteiger partial charge is 0.0408 e. The van der Waals surface area contributed by atoms with Crippen LogP contribution >= 0.6 is 23.4 Å². The van der Waals surface area contributed by atoms with Gasteiger partial charge in [0.15, 0.2) is 0 Å². The van der Waals surface area contributed by atoms with Crippen LogP contribution in [0.3, 0.4) is 0 Å². The largest absolute Gasteiger partial charge is 0.309 e. The first-order valence-electron chi connectivity index (χ1n) is 6.82. The highest BCUT2D eigenvalue weighted by Gasteiger charge is 2.30. The molecule has 1 N–H and O–H groups in total. The van der Waals surface area contributed by atoms with Gasteiger partial charge in [-0.25, -0.2) is 0 Å². The molecule has 1 aromatic rings. The lowest BCUT2D eigenvalue weighted by Crippen LogP contribution is -2.42. The minimum absolute atomic E-state index is 0.621. The Morgan fingerprint density at radius 2 is 2.06 bits per heavy atom. The summed E-state index contributed by atoms with van der Waals surface area (Å²) in [5, 5.41) is 5.57. The standard InChI is InChI=1S/C15H20ClNS/c1-18-15-4-2-3-14(15)17-13-8-10-5-6-12(16)7-11(10)9-13/h5-7,13-15,17H,2-4,8-9H2,1H3. The van der Waals surface area contributed by atoms with E-state index in [0.29, 0.717) is 6.04 Å². The molecule has 0 bridgehead atoms. The number of hydrogen-bond acceptors (Lipinski definition) is 2. The number of thioether (sulfide) groups is 1. The van der Waals surface area contributed by atoms with Crippen molar-refractivity contribution in [1.29, 1.82) is 0 Å². The zero-order valence-electron chi connectivity index (χ0n) is 10.8. The number of benzene rings is 1. The van der Waals surface area contributed by atoms with E-state index in [0.717, 1.165) is 22.7 Å². The summed E-state index contributed by atoms with van der Waals surface area (Å²) in [7, 11) is 0. The number of fused-ring (bicyclic) bond motifs is 1. The third-order valence-corrected chi connectivity index (χ3v) is 5.71. The molecule has 0 heterocycles. The fourth-order valence-electron chi connectivity index (χ4n) is 3.41. The summed E-state index contributed by atoms with van der Waals surface area (Å²) in [5.41, 5.74) is 2.93. The number of halogens is 1. The first kappa shape index (κ1) is 12.8. The van der Waals surface area contributed by atoms with E-state index >= 15 is 0 Å². The average Bonchev–Trinajstić information content (AvgIpc) is 2.94. The number of hydrogen-bond donors (Lipinski definition) is 1. The van der Waals surface area contributed by atoms with Gasteiger partial charge in [-0.3, -0.25) is 0 Å². The average molecular weight is 282 g/mol. The Morgan fingerprint density at radius 3 is 2.89 bits per heavy atom. The highest BCUT2D eigenvalue weighted by Crippen LogP contribution is 2.31. The molecule has 0 saturated heterocycles. The molecule has 98 valence electrons. The summed E-state index contributed by atoms with van der Waals surface area (Å²) in [6.45, 7) is 0. The van der Waals surface area contributed by atoms with E-state index in [2.05, 4.69) is 23.7 Å². The third-order valence-electron chi connectivity index (χ3n) is 4.31. The van der Waals surface area contributed by atoms with Gasteiger partial charge in [-0.1, -0.05) is 24.1 Å². The molecule has 2 aliphatic rings. The van der Waals surface area contributed by atoms with E-state index in [1.807, 2.05) is 17.8 Å². The van der Waals surface area contributed by atoms with Gasteiger partial charge in [0.1, 0.15) is 0 Å². The lowest BCUT2D eigenvalue weighted by atomic mass is 10.1. The molecule has 3 rings (SSSR count). The Labute approximate surface area is 119 Å². The van der Waals surface area contributed by atoms with Crippen molar-refractivity contribution in [3.05, 3.63) is 34.3 Å². The van der Waals surface area contributed by atoms with Crippen molar-refractivity contribution in [2.75, 3.05) is 6.26 Å². The van der Waals surface area contributed by atoms with Crippen molar-refractivity contribution < 1.29 is 0 Å². The van der Waals surface area contributed by atoms with Gasteiger partial charge in [-0.05, 0) is 55.2 Å². The molecule has 2 aliphatic carbocycles. The zero-order chi connectivity index (χ0) is 12.5. The van der Waals surface area contributed by atoms with Crippen LogP contribution in [-0.2, 0) is 12.8 Å². The Hall–Kier alpha value is -0.180. The summed E-state index contributed by atoms with van der Waals surface area (Å²) >= 11 is 8.09. The van der Waals surface area contributed by atoms with Crippen molar-refractivity contribution in [1.82, 2.24) is 5.32 Å². The maximum Gasteiger partial charge on any atom is 0.0408 e. The summed E-state index contributed by atoms with van der Waals surface area (Å²) in [6, 6.07) is 7.69. The molecular weight excluding hydrogens is 262 g/mol. The molecule has 1 fully saturated rings. The lowest BCUT2D eigenvalue weighted by molar-refractivity contribution is 0.445. The second kappa shape index (κ2) is 5.44. The van der Waals surface area contributed by atoms with Crippen molar-refractivity contribution in [3.8, 4) is 0 Å². The number of rotatable bonds is 3. The Kier molecular flexibility index (Phi) is 3.88. The van der Waals surface area contributed by atoms with Crippen molar-refractivity contribution >= 4 is 23.4 Å². The predicted molar refractivity (Wildman–Crippen MR) is 80.7 cm³/mol. The second-order valence-corrected chi connectivity index (χ2v) is 7.01. The summed E-state index contributed by atoms with van der Waals surface area (Å²) in [6.07, 6.45) is 8.67. The highest BCUT2D eigenvalue weighted by atomic mass is 35.5. The summed E-state index contributed by atoms with van der Waals surface area (Å²) in [5.74, 6) is 0. The highest BCUT2D eigenvalue weighted by molar-refractivity contribution is 7.99. The van der Waals surface area contributed by atoms with Crippen LogP contribution in [0, 0.1) is 0 Å². The van der Waals surface area contributed by atoms with Gasteiger partial charge in [0.05, 0.1) is 0 Å². The number of nitrogens with one attached hydrogen (secondary N) is 1. The van der Waals surface area contributed by atoms with Crippen molar-refractivity contribution in [2.45, 2.75) is 49.4 Å². The minimum atomic E-state index is 0.621. The van der Waals surface area contributed by atoms with Crippen LogP contribution in [0.2, 0.25) is 5.02 Å². The Morgan fingerprint density at radius 1 is 1.22 bits per heavy atom. The third kappa shape index (κ3) is 2.56. The summed E-state index contributed by atoms with van der Waals surface area (Å²) < 4.78 is 0. The van der Waals surface area contributed by atoms with Crippen LogP contribution in [0.5, 0.6) is 0 Å². The summed E-state index contributed by atoms with van der Waals surface area (Å²) in [4.78, 5) is 0. The molecule has 0 aromatic heterocycles. The topological polar surface area (TPSA) is 12.0 Å². The first-order valence-corrected chi connectivity index (χ1v) is 8.49. The van der Waals surface area contributed by atoms with Crippen molar-refractivity contribution in [2.24, 2.45) is 0 Å². The maximum absolute atomic E-state index is 6.06. The molecule has 0 spiro atoms. The van der Waals surface area contributed by atoms with E-state index in [1.54, 1.807) is 0 Å². The van der Waals surface area contributed by atoms with E-state index in [9.17, 15) is 0 Å². The minimum Gasteiger partial charge on any atom is -0.309 e. The van der Waals surface area contributed by atoms with Crippen LogP contribution in [0.1, 0.15) is 30.4 Å². The van der Waals surface area contributed by atoms with Crippen LogP contribution < -0.4 is 5.32 Å². The molecule has 3 unspecified atom stereocenters. The van der Waals surface area contributed by atoms with Crippen molar-refractivity contribution in [3.63, 3.8) is 0 Å². The fourth-order valence-corrected chi connectivity index (χ4v) is 4.55. The van der Waals surface area contributed by atoms with E-state index in [1.165, 1.54) is 36.8 Å². The normalized spacial score (nSPS) is 30.7. The molecule has 1 saturated carbocycles. The fraction of sp³-hybridized carbons (Fsp3) is 0.600. The molecule has 1 nitrogen and oxygen atoms in total. The zero-order valence-corrected chi connectivity index (χ0v) is 12.4. The molecule has 0 aliphatic heterocycles. The molecule has 1 aromatic carbocycles. The van der Waals surface area contributed by atoms with Gasteiger partial charge in [0.2, 0.25) is 0 Å². The molecule has 0 amide bonds. The molecule has 3 heteroatoms.